The van der Waals surface area contributed by atoms with E-state index in [1.165, 1.54) is 12.8 Å². The van der Waals surface area contributed by atoms with E-state index in [0.717, 1.165) is 0 Å². The zero-order chi connectivity index (χ0) is 6.20. The van der Waals surface area contributed by atoms with Gasteiger partial charge in [0, 0.05) is 0 Å². The van der Waals surface area contributed by atoms with Gasteiger partial charge < -0.3 is 0 Å². The van der Waals surface area contributed by atoms with E-state index in [-0.39, 0.29) is 0 Å². The quantitative estimate of drug-likeness (QED) is 0.455. The molecule has 0 saturated carbocycles. The second-order valence-electron chi connectivity index (χ2n) is 3.18. The van der Waals surface area contributed by atoms with Crippen LogP contribution in [0.4, 0.5) is 0 Å². The van der Waals surface area contributed by atoms with Crippen molar-refractivity contribution in [3.8, 4) is 0 Å². The van der Waals surface area contributed by atoms with Crippen molar-refractivity contribution < 1.29 is 0 Å². The maximum atomic E-state index is 2.38. The first kappa shape index (κ1) is 5.87. The van der Waals surface area contributed by atoms with Crippen molar-refractivity contribution in [1.29, 1.82) is 0 Å². The van der Waals surface area contributed by atoms with Crippen LogP contribution in [0, 0.1) is 5.41 Å². The van der Waals surface area contributed by atoms with Gasteiger partial charge in [0.25, 0.3) is 0 Å². The number of hydrogen-bond donors (Lipinski definition) is 0. The van der Waals surface area contributed by atoms with Crippen molar-refractivity contribution in [2.24, 2.45) is 5.41 Å². The average molecular weight is 110 g/mol. The smallest absolute Gasteiger partial charge is 0.0110 e. The van der Waals surface area contributed by atoms with Gasteiger partial charge in [-0.2, -0.15) is 0 Å². The van der Waals surface area contributed by atoms with Gasteiger partial charge in [0.1, 0.15) is 0 Å². The Morgan fingerprint density at radius 2 is 2.25 bits per heavy atom. The highest BCUT2D eigenvalue weighted by atomic mass is 14.3. The molecule has 0 amide bonds. The van der Waals surface area contributed by atoms with Crippen molar-refractivity contribution in [2.45, 2.75) is 33.6 Å². The van der Waals surface area contributed by atoms with Crippen molar-refractivity contribution in [2.75, 3.05) is 0 Å². The van der Waals surface area contributed by atoms with E-state index in [1.807, 2.05) is 0 Å². The predicted octanol–water partition coefficient (Wildman–Crippen LogP) is 2.75. The molecule has 1 aliphatic carbocycles. The van der Waals surface area contributed by atoms with Gasteiger partial charge in [0.2, 0.25) is 0 Å². The van der Waals surface area contributed by atoms with E-state index in [2.05, 4.69) is 26.8 Å². The Kier molecular flexibility index (Phi) is 1.18. The van der Waals surface area contributed by atoms with E-state index >= 15 is 0 Å². The first-order valence-corrected chi connectivity index (χ1v) is 3.35. The lowest BCUT2D eigenvalue weighted by molar-refractivity contribution is 0.359. The Bertz CT molecular complexity index is 122. The summed E-state index contributed by atoms with van der Waals surface area (Å²) in [4.78, 5) is 0. The van der Waals surface area contributed by atoms with Gasteiger partial charge in [-0.15, -0.1) is 0 Å². The van der Waals surface area contributed by atoms with Crippen LogP contribution in [0.15, 0.2) is 11.6 Å². The molecule has 0 radical (unpaired) electrons. The van der Waals surface area contributed by atoms with Crippen molar-refractivity contribution >= 4 is 0 Å². The minimum Gasteiger partial charge on any atom is -0.0793 e. The van der Waals surface area contributed by atoms with Gasteiger partial charge in [0.05, 0.1) is 0 Å². The lowest BCUT2D eigenvalue weighted by atomic mass is 9.71. The van der Waals surface area contributed by atoms with Crippen LogP contribution in [0.25, 0.3) is 0 Å². The first-order chi connectivity index (χ1) is 3.66. The molecule has 0 bridgehead atoms. The fourth-order valence-electron chi connectivity index (χ4n) is 1.43. The summed E-state index contributed by atoms with van der Waals surface area (Å²) >= 11 is 0. The van der Waals surface area contributed by atoms with Crippen LogP contribution < -0.4 is 0 Å². The maximum Gasteiger partial charge on any atom is -0.0110 e. The Balaban J connectivity index is 2.54. The van der Waals surface area contributed by atoms with Crippen molar-refractivity contribution in [3.05, 3.63) is 11.6 Å². The van der Waals surface area contributed by atoms with E-state index in [0.29, 0.717) is 5.41 Å². The largest absolute Gasteiger partial charge is 0.0793 e. The Labute approximate surface area is 51.6 Å². The second-order valence-corrected chi connectivity index (χ2v) is 3.18. The number of allylic oxidation sites excluding steroid dienone is 2. The molecule has 0 aromatic rings. The summed E-state index contributed by atoms with van der Waals surface area (Å²) in [5, 5.41) is 0. The van der Waals surface area contributed by atoms with Crippen molar-refractivity contribution in [3.63, 3.8) is 0 Å². The Hall–Kier alpha value is -0.260. The van der Waals surface area contributed by atoms with Gasteiger partial charge in [-0.1, -0.05) is 25.5 Å². The molecule has 0 aromatic heterocycles. The SMILES string of the molecule is CCC1(C)C=C(C)C1. The molecule has 1 atom stereocenters. The summed E-state index contributed by atoms with van der Waals surface area (Å²) in [6.07, 6.45) is 5.00. The predicted molar refractivity (Wildman–Crippen MR) is 36.8 cm³/mol. The third kappa shape index (κ3) is 0.795. The lowest BCUT2D eigenvalue weighted by Crippen LogP contribution is -2.20. The lowest BCUT2D eigenvalue weighted by Gasteiger charge is -2.34. The molecular weight excluding hydrogens is 96.1 g/mol. The molecule has 0 saturated heterocycles. The Morgan fingerprint density at radius 3 is 2.38 bits per heavy atom. The maximum absolute atomic E-state index is 2.38. The summed E-state index contributed by atoms with van der Waals surface area (Å²) in [6, 6.07) is 0. The molecule has 0 nitrogen and oxygen atoms in total. The van der Waals surface area contributed by atoms with Crippen LogP contribution in [0.5, 0.6) is 0 Å². The average Bonchev–Trinajstić information content (AvgIpc) is 1.63. The zero-order valence-electron chi connectivity index (χ0n) is 5.99. The summed E-state index contributed by atoms with van der Waals surface area (Å²) < 4.78 is 0. The molecule has 0 aromatic carbocycles. The molecule has 1 aliphatic rings. The van der Waals surface area contributed by atoms with Crippen molar-refractivity contribution in [1.82, 2.24) is 0 Å². The van der Waals surface area contributed by atoms with Gasteiger partial charge >= 0.3 is 0 Å². The molecule has 0 spiro atoms. The Morgan fingerprint density at radius 1 is 1.75 bits per heavy atom. The number of hydrogen-bond acceptors (Lipinski definition) is 0. The standard InChI is InChI=1S/C8H14/c1-4-8(3)5-7(2)6-8/h5H,4,6H2,1-3H3. The summed E-state index contributed by atoms with van der Waals surface area (Å²) in [6.45, 7) is 6.78. The molecular formula is C8H14. The topological polar surface area (TPSA) is 0 Å². The van der Waals surface area contributed by atoms with Crippen LogP contribution >= 0.6 is 0 Å². The monoisotopic (exact) mass is 110 g/mol. The van der Waals surface area contributed by atoms with E-state index in [4.69, 9.17) is 0 Å². The molecule has 0 fully saturated rings. The van der Waals surface area contributed by atoms with Crippen LogP contribution in [-0.2, 0) is 0 Å². The van der Waals surface area contributed by atoms with Gasteiger partial charge in [-0.3, -0.25) is 0 Å². The third-order valence-corrected chi connectivity index (χ3v) is 2.09. The molecule has 0 heteroatoms. The molecule has 8 heavy (non-hydrogen) atoms. The zero-order valence-corrected chi connectivity index (χ0v) is 5.99. The fourth-order valence-corrected chi connectivity index (χ4v) is 1.43. The molecule has 46 valence electrons. The van der Waals surface area contributed by atoms with Crippen LogP contribution in [0.3, 0.4) is 0 Å². The number of rotatable bonds is 1. The first-order valence-electron chi connectivity index (χ1n) is 3.35. The molecule has 0 aliphatic heterocycles. The summed E-state index contributed by atoms with van der Waals surface area (Å²) in [5.74, 6) is 0. The fraction of sp³-hybridized carbons (Fsp3) is 0.750. The van der Waals surface area contributed by atoms with E-state index in [9.17, 15) is 0 Å². The van der Waals surface area contributed by atoms with Crippen LogP contribution in [-0.4, -0.2) is 0 Å². The van der Waals surface area contributed by atoms with Crippen LogP contribution in [0.2, 0.25) is 0 Å². The molecule has 1 rings (SSSR count). The highest BCUT2D eigenvalue weighted by molar-refractivity contribution is 5.19. The highest BCUT2D eigenvalue weighted by Crippen LogP contribution is 2.40. The molecule has 0 N–H and O–H groups in total. The minimum atomic E-state index is 0.573. The van der Waals surface area contributed by atoms with Gasteiger partial charge in [0.15, 0.2) is 0 Å². The summed E-state index contributed by atoms with van der Waals surface area (Å²) in [5.41, 5.74) is 2.14. The minimum absolute atomic E-state index is 0.573. The molecule has 0 heterocycles. The molecule has 1 unspecified atom stereocenters. The van der Waals surface area contributed by atoms with Gasteiger partial charge in [-0.25, -0.2) is 0 Å². The second kappa shape index (κ2) is 1.61. The van der Waals surface area contributed by atoms with E-state index < -0.39 is 0 Å². The summed E-state index contributed by atoms with van der Waals surface area (Å²) in [7, 11) is 0. The third-order valence-electron chi connectivity index (χ3n) is 2.09. The van der Waals surface area contributed by atoms with Crippen LogP contribution in [0.1, 0.15) is 33.6 Å². The highest BCUT2D eigenvalue weighted by Gasteiger charge is 2.26. The normalized spacial score (nSPS) is 36.1. The van der Waals surface area contributed by atoms with E-state index in [1.54, 1.807) is 5.57 Å². The van der Waals surface area contributed by atoms with Gasteiger partial charge in [-0.05, 0) is 25.2 Å².